The van der Waals surface area contributed by atoms with Gasteiger partial charge in [0.2, 0.25) is 5.91 Å². The third-order valence-corrected chi connectivity index (χ3v) is 3.85. The number of hydrogen-bond donors (Lipinski definition) is 2. The van der Waals surface area contributed by atoms with Crippen LogP contribution in [0.25, 0.3) is 0 Å². The highest BCUT2D eigenvalue weighted by molar-refractivity contribution is 6.31. The van der Waals surface area contributed by atoms with Crippen LogP contribution in [0.2, 0.25) is 5.02 Å². The number of anilines is 1. The van der Waals surface area contributed by atoms with E-state index < -0.39 is 6.10 Å². The first-order chi connectivity index (χ1) is 8.75. The molecule has 1 amide bonds. The molecule has 0 radical (unpaired) electrons. The van der Waals surface area contributed by atoms with Crippen LogP contribution in [0.15, 0.2) is 12.1 Å². The zero-order valence-electron chi connectivity index (χ0n) is 11.7. The lowest BCUT2D eigenvalue weighted by atomic mass is 9.83. The molecule has 1 heterocycles. The molecule has 0 fully saturated rings. The van der Waals surface area contributed by atoms with E-state index in [1.807, 2.05) is 33.8 Å². The van der Waals surface area contributed by atoms with Gasteiger partial charge in [0.05, 0.1) is 17.7 Å². The lowest BCUT2D eigenvalue weighted by Crippen LogP contribution is -2.19. The van der Waals surface area contributed by atoms with Gasteiger partial charge < -0.3 is 10.4 Å². The van der Waals surface area contributed by atoms with Crippen LogP contribution in [0.3, 0.4) is 0 Å². The van der Waals surface area contributed by atoms with Crippen molar-refractivity contribution in [2.24, 2.45) is 5.41 Å². The zero-order valence-corrected chi connectivity index (χ0v) is 12.5. The van der Waals surface area contributed by atoms with Crippen molar-refractivity contribution < 1.29 is 9.90 Å². The lowest BCUT2D eigenvalue weighted by molar-refractivity contribution is -0.117. The molecule has 2 atom stereocenters. The van der Waals surface area contributed by atoms with E-state index in [-0.39, 0.29) is 17.2 Å². The summed E-state index contributed by atoms with van der Waals surface area (Å²) >= 11 is 6.14. The fraction of sp³-hybridized carbons (Fsp3) is 0.533. The van der Waals surface area contributed by atoms with E-state index in [9.17, 15) is 9.90 Å². The third-order valence-electron chi connectivity index (χ3n) is 3.63. The Labute approximate surface area is 119 Å². The summed E-state index contributed by atoms with van der Waals surface area (Å²) in [7, 11) is 0. The average Bonchev–Trinajstić information content (AvgIpc) is 2.61. The van der Waals surface area contributed by atoms with Crippen LogP contribution < -0.4 is 5.32 Å². The first-order valence-corrected chi connectivity index (χ1v) is 6.95. The quantitative estimate of drug-likeness (QED) is 0.865. The molecule has 104 valence electrons. The molecule has 0 spiro atoms. The molecule has 2 N–H and O–H groups in total. The van der Waals surface area contributed by atoms with Crippen molar-refractivity contribution in [2.45, 2.75) is 46.1 Å². The van der Waals surface area contributed by atoms with Gasteiger partial charge >= 0.3 is 0 Å². The van der Waals surface area contributed by atoms with E-state index in [0.717, 1.165) is 17.7 Å². The normalized spacial score (nSPS) is 20.1. The van der Waals surface area contributed by atoms with Crippen molar-refractivity contribution >= 4 is 23.2 Å². The van der Waals surface area contributed by atoms with Gasteiger partial charge in [-0.3, -0.25) is 4.79 Å². The molecule has 1 aromatic rings. The molecule has 2 rings (SSSR count). The number of amides is 1. The average molecular weight is 282 g/mol. The molecule has 0 bridgehead atoms. The minimum absolute atomic E-state index is 0.0119. The van der Waals surface area contributed by atoms with Gasteiger partial charge in [0.15, 0.2) is 0 Å². The topological polar surface area (TPSA) is 49.3 Å². The number of benzene rings is 1. The molecule has 1 aromatic carbocycles. The number of rotatable bonds is 2. The number of carbonyl (C=O) groups is 1. The van der Waals surface area contributed by atoms with E-state index in [4.69, 9.17) is 11.6 Å². The molecule has 0 aromatic heterocycles. The van der Waals surface area contributed by atoms with Gasteiger partial charge in [-0.2, -0.15) is 0 Å². The fourth-order valence-electron chi connectivity index (χ4n) is 2.51. The predicted molar refractivity (Wildman–Crippen MR) is 77.5 cm³/mol. The molecule has 1 aliphatic heterocycles. The Balaban J connectivity index is 2.57. The molecule has 0 aliphatic carbocycles. The van der Waals surface area contributed by atoms with Gasteiger partial charge in [0.1, 0.15) is 0 Å². The summed E-state index contributed by atoms with van der Waals surface area (Å²) in [6.45, 7) is 7.84. The summed E-state index contributed by atoms with van der Waals surface area (Å²) in [5, 5.41) is 13.9. The lowest BCUT2D eigenvalue weighted by Gasteiger charge is -2.28. The van der Waals surface area contributed by atoms with E-state index in [1.54, 1.807) is 6.07 Å². The summed E-state index contributed by atoms with van der Waals surface area (Å²) in [5.74, 6) is -0.179. The zero-order chi connectivity index (χ0) is 14.4. The van der Waals surface area contributed by atoms with Crippen molar-refractivity contribution in [1.82, 2.24) is 0 Å². The number of hydrogen-bond acceptors (Lipinski definition) is 2. The van der Waals surface area contributed by atoms with Gasteiger partial charge in [-0.1, -0.05) is 39.3 Å². The summed E-state index contributed by atoms with van der Waals surface area (Å²) in [4.78, 5) is 12.0. The van der Waals surface area contributed by atoms with Crippen molar-refractivity contribution in [3.8, 4) is 0 Å². The third kappa shape index (κ3) is 2.49. The number of halogens is 1. The molecule has 4 heteroatoms. The smallest absolute Gasteiger partial charge is 0.232 e. The van der Waals surface area contributed by atoms with Gasteiger partial charge in [0.25, 0.3) is 0 Å². The molecular formula is C15H20ClNO2. The Bertz CT molecular complexity index is 520. The van der Waals surface area contributed by atoms with Crippen molar-refractivity contribution in [3.63, 3.8) is 0 Å². The highest BCUT2D eigenvalue weighted by Gasteiger charge is 2.35. The maximum absolute atomic E-state index is 12.0. The molecule has 3 nitrogen and oxygen atoms in total. The Morgan fingerprint density at radius 1 is 1.42 bits per heavy atom. The van der Waals surface area contributed by atoms with Crippen molar-refractivity contribution in [1.29, 1.82) is 0 Å². The first kappa shape index (κ1) is 14.4. The number of carbonyl (C=O) groups excluding carboxylic acids is 1. The Morgan fingerprint density at radius 2 is 2.05 bits per heavy atom. The minimum atomic E-state index is -0.671. The van der Waals surface area contributed by atoms with Crippen LogP contribution in [-0.4, -0.2) is 11.0 Å². The second-order valence-electron chi connectivity index (χ2n) is 6.18. The van der Waals surface area contributed by atoms with Crippen LogP contribution >= 0.6 is 11.6 Å². The van der Waals surface area contributed by atoms with Gasteiger partial charge in [-0.15, -0.1) is 0 Å². The highest BCUT2D eigenvalue weighted by atomic mass is 35.5. The summed E-state index contributed by atoms with van der Waals surface area (Å²) < 4.78 is 0. The largest absolute Gasteiger partial charge is 0.388 e. The van der Waals surface area contributed by atoms with Gasteiger partial charge in [0, 0.05) is 10.6 Å². The number of fused-ring (bicyclic) bond motifs is 1. The van der Waals surface area contributed by atoms with Crippen LogP contribution in [0.5, 0.6) is 0 Å². The minimum Gasteiger partial charge on any atom is -0.388 e. The van der Waals surface area contributed by atoms with Crippen LogP contribution in [0.1, 0.15) is 57.3 Å². The molecule has 0 saturated heterocycles. The molecule has 2 unspecified atom stereocenters. The van der Waals surface area contributed by atoms with Gasteiger partial charge in [-0.05, 0) is 29.5 Å². The molecule has 1 aliphatic rings. The van der Waals surface area contributed by atoms with E-state index in [2.05, 4.69) is 5.32 Å². The highest BCUT2D eigenvalue weighted by Crippen LogP contribution is 2.45. The Morgan fingerprint density at radius 3 is 2.58 bits per heavy atom. The van der Waals surface area contributed by atoms with Gasteiger partial charge in [-0.25, -0.2) is 0 Å². The van der Waals surface area contributed by atoms with Crippen molar-refractivity contribution in [2.75, 3.05) is 5.32 Å². The van der Waals surface area contributed by atoms with Crippen LogP contribution in [-0.2, 0) is 4.79 Å². The fourth-order valence-corrected chi connectivity index (χ4v) is 2.74. The number of aliphatic hydroxyl groups is 1. The molecular weight excluding hydrogens is 262 g/mol. The maximum atomic E-state index is 12.0. The molecule has 19 heavy (non-hydrogen) atoms. The first-order valence-electron chi connectivity index (χ1n) is 6.58. The Kier molecular flexibility index (Phi) is 3.63. The number of nitrogens with one attached hydrogen (secondary N) is 1. The SMILES string of the molecule is CCC1C(=O)Nc2c1cc(Cl)cc2C(O)C(C)(C)C. The standard InChI is InChI=1S/C15H20ClNO2/c1-5-9-10-6-8(16)7-11(12(10)17-14(9)19)13(18)15(2,3)4/h6-7,9,13,18H,5H2,1-4H3,(H,17,19). The summed E-state index contributed by atoms with van der Waals surface area (Å²) in [6, 6.07) is 3.57. The predicted octanol–water partition coefficient (Wildman–Crippen LogP) is 3.87. The summed E-state index contributed by atoms with van der Waals surface area (Å²) in [6.07, 6.45) is 0.0559. The summed E-state index contributed by atoms with van der Waals surface area (Å²) in [5.41, 5.74) is 2.04. The van der Waals surface area contributed by atoms with E-state index in [0.29, 0.717) is 10.6 Å². The van der Waals surface area contributed by atoms with Crippen LogP contribution in [0.4, 0.5) is 5.69 Å². The molecule has 0 saturated carbocycles. The number of aliphatic hydroxyl groups excluding tert-OH is 1. The second kappa shape index (κ2) is 4.80. The monoisotopic (exact) mass is 281 g/mol. The van der Waals surface area contributed by atoms with E-state index >= 15 is 0 Å². The Hall–Kier alpha value is -1.06. The van der Waals surface area contributed by atoms with E-state index in [1.165, 1.54) is 0 Å². The maximum Gasteiger partial charge on any atom is 0.232 e. The second-order valence-corrected chi connectivity index (χ2v) is 6.61. The van der Waals surface area contributed by atoms with Crippen LogP contribution in [0, 0.1) is 5.41 Å². The van der Waals surface area contributed by atoms with Crippen molar-refractivity contribution in [3.05, 3.63) is 28.3 Å².